The Hall–Kier alpha value is -3.74. The molecule has 0 aliphatic carbocycles. The Labute approximate surface area is 174 Å². The highest BCUT2D eigenvalue weighted by Crippen LogP contribution is 2.34. The van der Waals surface area contributed by atoms with Gasteiger partial charge in [0.25, 0.3) is 0 Å². The van der Waals surface area contributed by atoms with Crippen LogP contribution in [0.2, 0.25) is 0 Å². The number of nitrogens with zero attached hydrogens (tertiary/aromatic N) is 4. The summed E-state index contributed by atoms with van der Waals surface area (Å²) in [6.07, 6.45) is 3.11. The van der Waals surface area contributed by atoms with Crippen molar-refractivity contribution in [2.24, 2.45) is 0 Å². The van der Waals surface area contributed by atoms with Crippen molar-refractivity contribution >= 4 is 0 Å². The molecule has 0 bridgehead atoms. The summed E-state index contributed by atoms with van der Waals surface area (Å²) in [5.41, 5.74) is 2.69. The van der Waals surface area contributed by atoms with Gasteiger partial charge in [0, 0.05) is 12.3 Å². The van der Waals surface area contributed by atoms with E-state index in [0.717, 1.165) is 5.75 Å². The Morgan fingerprint density at radius 2 is 1.47 bits per heavy atom. The van der Waals surface area contributed by atoms with Crippen LogP contribution in [-0.4, -0.2) is 27.2 Å². The second kappa shape index (κ2) is 7.94. The maximum Gasteiger partial charge on any atom is 0.238 e. The predicted molar refractivity (Wildman–Crippen MR) is 112 cm³/mol. The van der Waals surface area contributed by atoms with E-state index in [0.29, 0.717) is 29.0 Å². The number of aryl methyl sites for hydroxylation is 1. The lowest BCUT2D eigenvalue weighted by atomic mass is 9.78. The van der Waals surface area contributed by atoms with Gasteiger partial charge in [0.2, 0.25) is 17.6 Å². The minimum atomic E-state index is -0.166. The van der Waals surface area contributed by atoms with Crippen LogP contribution in [0, 0.1) is 6.92 Å². The summed E-state index contributed by atoms with van der Waals surface area (Å²) in [7, 11) is 1.67. The SMILES string of the molecule is COc1ccc(C(C)(C)c2ccc(Oc3cncc(-c4noc(C)n4)n3)cc2)cc1. The summed E-state index contributed by atoms with van der Waals surface area (Å²) >= 11 is 0. The average molecular weight is 402 g/mol. The lowest BCUT2D eigenvalue weighted by molar-refractivity contribution is 0.394. The molecule has 0 N–H and O–H groups in total. The third kappa shape index (κ3) is 4.00. The van der Waals surface area contributed by atoms with Crippen LogP contribution in [0.1, 0.15) is 30.9 Å². The van der Waals surface area contributed by atoms with Gasteiger partial charge >= 0.3 is 0 Å². The molecule has 0 aliphatic rings. The Kier molecular flexibility index (Phi) is 5.18. The highest BCUT2D eigenvalue weighted by molar-refractivity contribution is 5.47. The van der Waals surface area contributed by atoms with Crippen molar-refractivity contribution in [1.82, 2.24) is 20.1 Å². The van der Waals surface area contributed by atoms with Crippen molar-refractivity contribution < 1.29 is 14.0 Å². The summed E-state index contributed by atoms with van der Waals surface area (Å²) in [5.74, 6) is 2.71. The van der Waals surface area contributed by atoms with Crippen LogP contribution in [0.3, 0.4) is 0 Å². The van der Waals surface area contributed by atoms with E-state index in [2.05, 4.69) is 58.2 Å². The molecule has 2 aromatic carbocycles. The molecule has 0 atom stereocenters. The lowest BCUT2D eigenvalue weighted by Crippen LogP contribution is -2.18. The van der Waals surface area contributed by atoms with Crippen molar-refractivity contribution in [1.29, 1.82) is 0 Å². The first-order valence-corrected chi connectivity index (χ1v) is 9.51. The molecule has 7 nitrogen and oxygen atoms in total. The molecule has 0 spiro atoms. The van der Waals surface area contributed by atoms with Crippen LogP contribution in [0.4, 0.5) is 0 Å². The number of hydrogen-bond donors (Lipinski definition) is 0. The smallest absolute Gasteiger partial charge is 0.238 e. The first-order chi connectivity index (χ1) is 14.5. The molecular formula is C23H22N4O3. The van der Waals surface area contributed by atoms with Crippen molar-refractivity contribution in [2.45, 2.75) is 26.2 Å². The van der Waals surface area contributed by atoms with E-state index in [-0.39, 0.29) is 5.41 Å². The normalized spacial score (nSPS) is 11.3. The average Bonchev–Trinajstić information content (AvgIpc) is 3.21. The largest absolute Gasteiger partial charge is 0.497 e. The molecule has 0 amide bonds. The van der Waals surface area contributed by atoms with E-state index in [4.69, 9.17) is 14.0 Å². The molecule has 152 valence electrons. The van der Waals surface area contributed by atoms with Crippen LogP contribution in [0.25, 0.3) is 11.5 Å². The monoisotopic (exact) mass is 402 g/mol. The summed E-state index contributed by atoms with van der Waals surface area (Å²) in [6, 6.07) is 16.1. The number of rotatable bonds is 6. The van der Waals surface area contributed by atoms with Crippen LogP contribution >= 0.6 is 0 Å². The summed E-state index contributed by atoms with van der Waals surface area (Å²) in [5, 5.41) is 3.86. The standard InChI is InChI=1S/C23H22N4O3/c1-15-25-22(27-30-15)20-13-24-14-21(26-20)29-19-11-7-17(8-12-19)23(2,3)16-5-9-18(28-4)10-6-16/h5-14H,1-4H3. The third-order valence-electron chi connectivity index (χ3n) is 4.98. The molecule has 0 fully saturated rings. The molecular weight excluding hydrogens is 380 g/mol. The summed E-state index contributed by atoms with van der Waals surface area (Å²) in [6.45, 7) is 6.10. The Balaban J connectivity index is 1.52. The predicted octanol–water partition coefficient (Wildman–Crippen LogP) is 4.96. The van der Waals surface area contributed by atoms with Gasteiger partial charge in [-0.15, -0.1) is 0 Å². The topological polar surface area (TPSA) is 83.2 Å². The zero-order valence-corrected chi connectivity index (χ0v) is 17.3. The maximum atomic E-state index is 5.87. The fourth-order valence-electron chi connectivity index (χ4n) is 3.14. The van der Waals surface area contributed by atoms with Crippen LogP contribution < -0.4 is 9.47 Å². The minimum absolute atomic E-state index is 0.166. The number of aromatic nitrogens is 4. The first-order valence-electron chi connectivity index (χ1n) is 9.51. The molecule has 30 heavy (non-hydrogen) atoms. The van der Waals surface area contributed by atoms with Gasteiger partial charge in [-0.05, 0) is 35.4 Å². The van der Waals surface area contributed by atoms with Crippen LogP contribution in [0.15, 0.2) is 65.4 Å². The number of benzene rings is 2. The van der Waals surface area contributed by atoms with Gasteiger partial charge < -0.3 is 14.0 Å². The van der Waals surface area contributed by atoms with Crippen molar-refractivity contribution in [3.63, 3.8) is 0 Å². The van der Waals surface area contributed by atoms with Crippen LogP contribution in [0.5, 0.6) is 17.4 Å². The molecule has 0 aliphatic heterocycles. The van der Waals surface area contributed by atoms with Gasteiger partial charge in [0.05, 0.1) is 19.5 Å². The quantitative estimate of drug-likeness (QED) is 0.451. The highest BCUT2D eigenvalue weighted by Gasteiger charge is 2.23. The lowest BCUT2D eigenvalue weighted by Gasteiger charge is -2.26. The van der Waals surface area contributed by atoms with E-state index in [1.165, 1.54) is 11.1 Å². The molecule has 0 unspecified atom stereocenters. The van der Waals surface area contributed by atoms with Gasteiger partial charge in [-0.3, -0.25) is 4.98 Å². The second-order valence-corrected chi connectivity index (χ2v) is 7.36. The first kappa shape index (κ1) is 19.6. The van der Waals surface area contributed by atoms with E-state index in [9.17, 15) is 0 Å². The second-order valence-electron chi connectivity index (χ2n) is 7.36. The van der Waals surface area contributed by atoms with Crippen molar-refractivity contribution in [3.05, 3.63) is 77.9 Å². The molecule has 0 radical (unpaired) electrons. The van der Waals surface area contributed by atoms with E-state index in [1.807, 2.05) is 24.3 Å². The van der Waals surface area contributed by atoms with Gasteiger partial charge in [0.15, 0.2) is 0 Å². The Morgan fingerprint density at radius 1 is 0.833 bits per heavy atom. The van der Waals surface area contributed by atoms with Gasteiger partial charge in [0.1, 0.15) is 17.2 Å². The molecule has 0 saturated carbocycles. The van der Waals surface area contributed by atoms with Crippen molar-refractivity contribution in [3.8, 4) is 28.9 Å². The molecule has 2 aromatic heterocycles. The van der Waals surface area contributed by atoms with Gasteiger partial charge in [-0.2, -0.15) is 4.98 Å². The summed E-state index contributed by atoms with van der Waals surface area (Å²) in [4.78, 5) is 12.7. The number of hydrogen-bond acceptors (Lipinski definition) is 7. The number of methoxy groups -OCH3 is 1. The van der Waals surface area contributed by atoms with E-state index >= 15 is 0 Å². The van der Waals surface area contributed by atoms with Gasteiger partial charge in [-0.25, -0.2) is 4.98 Å². The number of ether oxygens (including phenoxy) is 2. The van der Waals surface area contributed by atoms with Gasteiger partial charge in [-0.1, -0.05) is 43.3 Å². The zero-order chi connectivity index (χ0) is 21.1. The maximum absolute atomic E-state index is 5.87. The molecule has 2 heterocycles. The van der Waals surface area contributed by atoms with E-state index in [1.54, 1.807) is 26.4 Å². The fourth-order valence-corrected chi connectivity index (χ4v) is 3.14. The Bertz CT molecular complexity index is 1140. The third-order valence-corrected chi connectivity index (χ3v) is 4.98. The highest BCUT2D eigenvalue weighted by atomic mass is 16.5. The molecule has 0 saturated heterocycles. The minimum Gasteiger partial charge on any atom is -0.497 e. The Morgan fingerprint density at radius 3 is 2.03 bits per heavy atom. The van der Waals surface area contributed by atoms with E-state index < -0.39 is 0 Å². The molecule has 4 rings (SSSR count). The molecule has 7 heteroatoms. The fraction of sp³-hybridized carbons (Fsp3) is 0.217. The van der Waals surface area contributed by atoms with Crippen molar-refractivity contribution in [2.75, 3.05) is 7.11 Å². The zero-order valence-electron chi connectivity index (χ0n) is 17.3. The van der Waals surface area contributed by atoms with Crippen LogP contribution in [-0.2, 0) is 5.41 Å². The summed E-state index contributed by atoms with van der Waals surface area (Å²) < 4.78 is 16.1. The molecule has 4 aromatic rings.